The Morgan fingerprint density at radius 1 is 1.28 bits per heavy atom. The molecular weight excluding hydrogens is 226 g/mol. The summed E-state index contributed by atoms with van der Waals surface area (Å²) in [6, 6.07) is 3.55. The normalized spacial score (nSPS) is 12.6. The molecular formula is C15H23NO2. The highest BCUT2D eigenvalue weighted by atomic mass is 16.5. The lowest BCUT2D eigenvalue weighted by molar-refractivity contribution is 0.0299. The van der Waals surface area contributed by atoms with Crippen LogP contribution in [0.2, 0.25) is 0 Å². The summed E-state index contributed by atoms with van der Waals surface area (Å²) in [6.07, 6.45) is 0.796. The van der Waals surface area contributed by atoms with Gasteiger partial charge in [0, 0.05) is 5.69 Å². The zero-order chi connectivity index (χ0) is 13.9. The van der Waals surface area contributed by atoms with Crippen LogP contribution in [0.5, 0.6) is 0 Å². The Kier molecular flexibility index (Phi) is 4.76. The van der Waals surface area contributed by atoms with Gasteiger partial charge >= 0.3 is 5.97 Å². The van der Waals surface area contributed by atoms with Crippen LogP contribution in [0.15, 0.2) is 12.1 Å². The maximum atomic E-state index is 12.1. The number of aryl methyl sites for hydroxylation is 1. The van der Waals surface area contributed by atoms with Crippen LogP contribution >= 0.6 is 0 Å². The van der Waals surface area contributed by atoms with Crippen LogP contribution in [-0.4, -0.2) is 12.1 Å². The van der Waals surface area contributed by atoms with Crippen LogP contribution < -0.4 is 5.73 Å². The monoisotopic (exact) mass is 249 g/mol. The van der Waals surface area contributed by atoms with Crippen LogP contribution in [0.25, 0.3) is 0 Å². The molecule has 0 saturated carbocycles. The van der Waals surface area contributed by atoms with Gasteiger partial charge < -0.3 is 10.5 Å². The maximum absolute atomic E-state index is 12.1. The molecule has 0 heterocycles. The molecule has 0 aliphatic heterocycles. The summed E-state index contributed by atoms with van der Waals surface area (Å²) in [4.78, 5) is 12.1. The SMILES string of the molecule is Cc1cc(N)cc(C(=O)OC(C)CC(C)C)c1C. The van der Waals surface area contributed by atoms with E-state index in [1.54, 1.807) is 6.07 Å². The van der Waals surface area contributed by atoms with Crippen molar-refractivity contribution in [3.05, 3.63) is 28.8 Å². The minimum absolute atomic E-state index is 0.0707. The molecule has 0 amide bonds. The smallest absolute Gasteiger partial charge is 0.338 e. The number of hydrogen-bond acceptors (Lipinski definition) is 3. The van der Waals surface area contributed by atoms with Gasteiger partial charge in [0.05, 0.1) is 11.7 Å². The number of carbonyl (C=O) groups excluding carboxylic acids is 1. The summed E-state index contributed by atoms with van der Waals surface area (Å²) in [5.74, 6) is 0.229. The molecule has 0 spiro atoms. The number of ether oxygens (including phenoxy) is 1. The van der Waals surface area contributed by atoms with Crippen molar-refractivity contribution in [2.75, 3.05) is 5.73 Å². The van der Waals surface area contributed by atoms with E-state index in [9.17, 15) is 4.79 Å². The first kappa shape index (κ1) is 14.6. The van der Waals surface area contributed by atoms with Crippen LogP contribution in [0.1, 0.15) is 48.7 Å². The molecule has 0 aliphatic rings. The standard InChI is InChI=1S/C15H23NO2/c1-9(2)6-11(4)18-15(17)14-8-13(16)7-10(3)12(14)5/h7-9,11H,6,16H2,1-5H3. The van der Waals surface area contributed by atoms with Gasteiger partial charge in [-0.25, -0.2) is 4.79 Å². The number of benzene rings is 1. The van der Waals surface area contributed by atoms with Gasteiger partial charge in [-0.3, -0.25) is 0 Å². The molecule has 0 bridgehead atoms. The highest BCUT2D eigenvalue weighted by Crippen LogP contribution is 2.20. The first-order chi connectivity index (χ1) is 8.31. The van der Waals surface area contributed by atoms with Gasteiger partial charge in [-0.1, -0.05) is 13.8 Å². The molecule has 1 aromatic rings. The first-order valence-corrected chi connectivity index (χ1v) is 6.39. The van der Waals surface area contributed by atoms with Gasteiger partial charge in [-0.2, -0.15) is 0 Å². The molecule has 100 valence electrons. The van der Waals surface area contributed by atoms with Crippen molar-refractivity contribution in [3.8, 4) is 0 Å². The molecule has 3 nitrogen and oxygen atoms in total. The number of hydrogen-bond donors (Lipinski definition) is 1. The zero-order valence-electron chi connectivity index (χ0n) is 11.9. The van der Waals surface area contributed by atoms with Crippen molar-refractivity contribution in [3.63, 3.8) is 0 Å². The Morgan fingerprint density at radius 3 is 2.44 bits per heavy atom. The van der Waals surface area contributed by atoms with Gasteiger partial charge in [-0.15, -0.1) is 0 Å². The molecule has 0 saturated heterocycles. The fourth-order valence-electron chi connectivity index (χ4n) is 2.06. The van der Waals surface area contributed by atoms with Gasteiger partial charge in [0.1, 0.15) is 0 Å². The van der Waals surface area contributed by atoms with Crippen LogP contribution in [-0.2, 0) is 4.74 Å². The molecule has 0 aromatic heterocycles. The van der Waals surface area contributed by atoms with E-state index in [0.717, 1.165) is 17.5 Å². The summed E-state index contributed by atoms with van der Waals surface area (Å²) in [6.45, 7) is 10.0. The number of esters is 1. The minimum Gasteiger partial charge on any atom is -0.459 e. The number of nitrogens with two attached hydrogens (primary N) is 1. The fourth-order valence-corrected chi connectivity index (χ4v) is 2.06. The van der Waals surface area contributed by atoms with E-state index in [1.807, 2.05) is 26.8 Å². The van der Waals surface area contributed by atoms with E-state index in [2.05, 4.69) is 13.8 Å². The van der Waals surface area contributed by atoms with Crippen LogP contribution in [0.3, 0.4) is 0 Å². The number of nitrogen functional groups attached to an aromatic ring is 1. The predicted molar refractivity (Wildman–Crippen MR) is 74.7 cm³/mol. The third-order valence-electron chi connectivity index (χ3n) is 3.02. The first-order valence-electron chi connectivity index (χ1n) is 6.39. The summed E-state index contributed by atoms with van der Waals surface area (Å²) in [5.41, 5.74) is 8.89. The average molecular weight is 249 g/mol. The number of anilines is 1. The summed E-state index contributed by atoms with van der Waals surface area (Å²) < 4.78 is 5.44. The van der Waals surface area contributed by atoms with Crippen molar-refractivity contribution in [1.29, 1.82) is 0 Å². The van der Waals surface area contributed by atoms with Crippen molar-refractivity contribution < 1.29 is 9.53 Å². The zero-order valence-corrected chi connectivity index (χ0v) is 11.9. The van der Waals surface area contributed by atoms with Crippen LogP contribution in [0.4, 0.5) is 5.69 Å². The predicted octanol–water partition coefficient (Wildman–Crippen LogP) is 3.48. The molecule has 1 unspecified atom stereocenters. The molecule has 0 aliphatic carbocycles. The molecule has 0 radical (unpaired) electrons. The van der Waals surface area contributed by atoms with Gasteiger partial charge in [0.25, 0.3) is 0 Å². The number of carbonyl (C=O) groups is 1. The molecule has 2 N–H and O–H groups in total. The Labute approximate surface area is 109 Å². The van der Waals surface area contributed by atoms with Gasteiger partial charge in [0.15, 0.2) is 0 Å². The summed E-state index contributed by atoms with van der Waals surface area (Å²) in [5, 5.41) is 0. The lowest BCUT2D eigenvalue weighted by Gasteiger charge is -2.17. The largest absolute Gasteiger partial charge is 0.459 e. The Morgan fingerprint density at radius 2 is 1.89 bits per heavy atom. The minimum atomic E-state index is -0.281. The van der Waals surface area contributed by atoms with E-state index >= 15 is 0 Å². The highest BCUT2D eigenvalue weighted by Gasteiger charge is 2.16. The van der Waals surface area contributed by atoms with Crippen molar-refractivity contribution in [2.24, 2.45) is 5.92 Å². The molecule has 1 rings (SSSR count). The van der Waals surface area contributed by atoms with E-state index in [0.29, 0.717) is 17.2 Å². The summed E-state index contributed by atoms with van der Waals surface area (Å²) in [7, 11) is 0. The van der Waals surface area contributed by atoms with E-state index < -0.39 is 0 Å². The van der Waals surface area contributed by atoms with Crippen molar-refractivity contribution in [2.45, 2.75) is 47.1 Å². The molecule has 3 heteroatoms. The van der Waals surface area contributed by atoms with E-state index in [4.69, 9.17) is 10.5 Å². The van der Waals surface area contributed by atoms with Crippen molar-refractivity contribution >= 4 is 11.7 Å². The second-order valence-corrected chi connectivity index (χ2v) is 5.36. The molecule has 0 fully saturated rings. The third-order valence-corrected chi connectivity index (χ3v) is 3.02. The number of rotatable bonds is 4. The third kappa shape index (κ3) is 3.76. The lowest BCUT2D eigenvalue weighted by Crippen LogP contribution is -2.18. The second-order valence-electron chi connectivity index (χ2n) is 5.36. The summed E-state index contributed by atoms with van der Waals surface area (Å²) >= 11 is 0. The Hall–Kier alpha value is -1.51. The topological polar surface area (TPSA) is 52.3 Å². The average Bonchev–Trinajstić information content (AvgIpc) is 2.21. The maximum Gasteiger partial charge on any atom is 0.338 e. The highest BCUT2D eigenvalue weighted by molar-refractivity contribution is 5.92. The Balaban J connectivity index is 2.85. The lowest BCUT2D eigenvalue weighted by atomic mass is 10.0. The quantitative estimate of drug-likeness (QED) is 0.656. The molecule has 1 atom stereocenters. The molecule has 18 heavy (non-hydrogen) atoms. The van der Waals surface area contributed by atoms with E-state index in [1.165, 1.54) is 0 Å². The van der Waals surface area contributed by atoms with Gasteiger partial charge in [-0.05, 0) is 56.4 Å². The van der Waals surface area contributed by atoms with Gasteiger partial charge in [0.2, 0.25) is 0 Å². The molecule has 1 aromatic carbocycles. The van der Waals surface area contributed by atoms with Crippen LogP contribution in [0, 0.1) is 19.8 Å². The Bertz CT molecular complexity index is 438. The van der Waals surface area contributed by atoms with E-state index in [-0.39, 0.29) is 12.1 Å². The fraction of sp³-hybridized carbons (Fsp3) is 0.533. The van der Waals surface area contributed by atoms with Crippen molar-refractivity contribution in [1.82, 2.24) is 0 Å². The second kappa shape index (κ2) is 5.89.